The molecule has 1 heterocycles. The fourth-order valence-corrected chi connectivity index (χ4v) is 3.11. The van der Waals surface area contributed by atoms with Crippen molar-refractivity contribution in [3.05, 3.63) is 81.9 Å². The summed E-state index contributed by atoms with van der Waals surface area (Å²) in [7, 11) is 0. The maximum Gasteiger partial charge on any atom is 0.311 e. The smallest absolute Gasteiger partial charge is 0.311 e. The van der Waals surface area contributed by atoms with Gasteiger partial charge >= 0.3 is 5.69 Å². The van der Waals surface area contributed by atoms with Gasteiger partial charge in [0.1, 0.15) is 0 Å². The van der Waals surface area contributed by atoms with E-state index in [2.05, 4.69) is 23.6 Å². The molecule has 0 saturated heterocycles. The van der Waals surface area contributed by atoms with Gasteiger partial charge in [-0.1, -0.05) is 36.4 Å². The van der Waals surface area contributed by atoms with Crippen LogP contribution in [0.2, 0.25) is 0 Å². The molecule has 0 bridgehead atoms. The van der Waals surface area contributed by atoms with E-state index in [9.17, 15) is 15.2 Å². The van der Waals surface area contributed by atoms with Gasteiger partial charge in [-0.25, -0.2) is 0 Å². The van der Waals surface area contributed by atoms with E-state index >= 15 is 0 Å². The summed E-state index contributed by atoms with van der Waals surface area (Å²) in [5.74, 6) is -0.264. The van der Waals surface area contributed by atoms with Gasteiger partial charge in [0.25, 0.3) is 0 Å². The van der Waals surface area contributed by atoms with Crippen LogP contribution in [0, 0.1) is 10.1 Å². The van der Waals surface area contributed by atoms with Gasteiger partial charge in [-0.15, -0.1) is 6.58 Å². The van der Waals surface area contributed by atoms with Crippen molar-refractivity contribution in [3.8, 4) is 5.75 Å². The Labute approximate surface area is 134 Å². The molecular formula is C18H18N2O3. The monoisotopic (exact) mass is 310 g/mol. The Hall–Kier alpha value is -2.66. The highest BCUT2D eigenvalue weighted by molar-refractivity contribution is 5.53. The average molecular weight is 310 g/mol. The molecule has 1 N–H and O–H groups in total. The van der Waals surface area contributed by atoms with Gasteiger partial charge in [-0.2, -0.15) is 0 Å². The number of nitro groups is 1. The van der Waals surface area contributed by atoms with Crippen molar-refractivity contribution >= 4 is 5.69 Å². The number of hydrogen-bond acceptors (Lipinski definition) is 4. The van der Waals surface area contributed by atoms with Gasteiger partial charge < -0.3 is 5.11 Å². The molecule has 1 aliphatic heterocycles. The molecule has 0 aromatic heterocycles. The highest BCUT2D eigenvalue weighted by Crippen LogP contribution is 2.37. The van der Waals surface area contributed by atoms with Crippen molar-refractivity contribution in [2.75, 3.05) is 6.54 Å². The Morgan fingerprint density at radius 3 is 2.74 bits per heavy atom. The first-order valence-corrected chi connectivity index (χ1v) is 7.47. The molecule has 0 fully saturated rings. The lowest BCUT2D eigenvalue weighted by Gasteiger charge is -2.33. The van der Waals surface area contributed by atoms with Gasteiger partial charge in [0, 0.05) is 31.6 Å². The first kappa shape index (κ1) is 15.2. The summed E-state index contributed by atoms with van der Waals surface area (Å²) in [4.78, 5) is 12.7. The summed E-state index contributed by atoms with van der Waals surface area (Å²) in [5.41, 5.74) is 2.77. The second-order valence-corrected chi connectivity index (χ2v) is 5.79. The highest BCUT2D eigenvalue weighted by Gasteiger charge is 2.27. The molecule has 0 unspecified atom stereocenters. The molecule has 23 heavy (non-hydrogen) atoms. The van der Waals surface area contributed by atoms with E-state index < -0.39 is 4.92 Å². The van der Waals surface area contributed by atoms with Crippen LogP contribution in [0.5, 0.6) is 5.75 Å². The first-order valence-electron chi connectivity index (χ1n) is 7.47. The van der Waals surface area contributed by atoms with Crippen LogP contribution in [0.1, 0.15) is 22.6 Å². The minimum absolute atomic E-state index is 0.0155. The molecule has 3 rings (SSSR count). The number of fused-ring (bicyclic) bond motifs is 1. The SMILES string of the molecule is C=C[C@H]1CN(Cc2ccccc2)Cc2cc(O)c([N+](=O)[O-])cc21. The largest absolute Gasteiger partial charge is 0.502 e. The molecule has 5 heteroatoms. The van der Waals surface area contributed by atoms with E-state index in [0.717, 1.165) is 24.2 Å². The molecule has 0 radical (unpaired) electrons. The normalized spacial score (nSPS) is 17.5. The zero-order valence-electron chi connectivity index (χ0n) is 12.7. The molecule has 5 nitrogen and oxygen atoms in total. The second-order valence-electron chi connectivity index (χ2n) is 5.79. The Morgan fingerprint density at radius 2 is 2.09 bits per heavy atom. The number of benzene rings is 2. The van der Waals surface area contributed by atoms with E-state index in [1.165, 1.54) is 17.7 Å². The van der Waals surface area contributed by atoms with E-state index in [0.29, 0.717) is 6.54 Å². The highest BCUT2D eigenvalue weighted by atomic mass is 16.6. The van der Waals surface area contributed by atoms with Gasteiger partial charge in [-0.05, 0) is 22.8 Å². The summed E-state index contributed by atoms with van der Waals surface area (Å²) in [6.07, 6.45) is 1.82. The molecule has 1 aliphatic rings. The third-order valence-corrected chi connectivity index (χ3v) is 4.21. The van der Waals surface area contributed by atoms with Crippen LogP contribution in [-0.4, -0.2) is 21.5 Å². The quantitative estimate of drug-likeness (QED) is 0.532. The summed E-state index contributed by atoms with van der Waals surface area (Å²) in [5, 5.41) is 20.9. The predicted molar refractivity (Wildman–Crippen MR) is 88.3 cm³/mol. The molecule has 0 aliphatic carbocycles. The van der Waals surface area contributed by atoms with Gasteiger partial charge in [0.2, 0.25) is 0 Å². The van der Waals surface area contributed by atoms with Gasteiger partial charge in [-0.3, -0.25) is 15.0 Å². The minimum atomic E-state index is -0.549. The number of rotatable bonds is 4. The van der Waals surface area contributed by atoms with Crippen LogP contribution >= 0.6 is 0 Å². The zero-order chi connectivity index (χ0) is 16.4. The van der Waals surface area contributed by atoms with Crippen LogP contribution in [0.3, 0.4) is 0 Å². The maximum atomic E-state index is 11.0. The van der Waals surface area contributed by atoms with Crippen molar-refractivity contribution in [1.82, 2.24) is 4.90 Å². The second kappa shape index (κ2) is 6.22. The standard InChI is InChI=1S/C18H18N2O3/c1-2-14-11-19(10-13-6-4-3-5-7-13)12-15-8-18(21)17(20(22)23)9-16(14)15/h2-9,14,21H,1,10-12H2/t14-/m0/s1. The molecule has 1 atom stereocenters. The van der Waals surface area contributed by atoms with Crippen molar-refractivity contribution < 1.29 is 10.0 Å². The van der Waals surface area contributed by atoms with Crippen LogP contribution in [0.4, 0.5) is 5.69 Å². The molecule has 2 aromatic carbocycles. The number of nitro benzene ring substituents is 1. The predicted octanol–water partition coefficient (Wildman–Crippen LogP) is 3.59. The van der Waals surface area contributed by atoms with Crippen LogP contribution < -0.4 is 0 Å². The van der Waals surface area contributed by atoms with Crippen LogP contribution in [0.25, 0.3) is 0 Å². The molecule has 0 amide bonds. The number of nitrogens with zero attached hydrogens (tertiary/aromatic N) is 2. The van der Waals surface area contributed by atoms with Crippen LogP contribution in [-0.2, 0) is 13.1 Å². The van der Waals surface area contributed by atoms with Crippen molar-refractivity contribution in [1.29, 1.82) is 0 Å². The number of phenolic OH excluding ortho intramolecular Hbond substituents is 1. The molecule has 118 valence electrons. The Bertz CT molecular complexity index is 743. The summed E-state index contributed by atoms with van der Waals surface area (Å²) in [6.45, 7) is 6.07. The molecule has 0 spiro atoms. The third-order valence-electron chi connectivity index (χ3n) is 4.21. The lowest BCUT2D eigenvalue weighted by molar-refractivity contribution is -0.386. The fraction of sp³-hybridized carbons (Fsp3) is 0.222. The Kier molecular flexibility index (Phi) is 4.12. The van der Waals surface area contributed by atoms with Crippen molar-refractivity contribution in [2.45, 2.75) is 19.0 Å². The Morgan fingerprint density at radius 1 is 1.35 bits per heavy atom. The van der Waals surface area contributed by atoms with Gasteiger partial charge in [0.15, 0.2) is 5.75 Å². The molecular weight excluding hydrogens is 292 g/mol. The fourth-order valence-electron chi connectivity index (χ4n) is 3.11. The number of aromatic hydroxyl groups is 1. The van der Waals surface area contributed by atoms with E-state index in [1.54, 1.807) is 0 Å². The Balaban J connectivity index is 1.91. The first-order chi connectivity index (χ1) is 11.1. The van der Waals surface area contributed by atoms with E-state index in [-0.39, 0.29) is 17.4 Å². The number of phenols is 1. The topological polar surface area (TPSA) is 66.6 Å². The lowest BCUT2D eigenvalue weighted by Crippen LogP contribution is -2.32. The maximum absolute atomic E-state index is 11.0. The zero-order valence-corrected chi connectivity index (χ0v) is 12.7. The summed E-state index contributed by atoms with van der Waals surface area (Å²) in [6, 6.07) is 13.1. The van der Waals surface area contributed by atoms with Crippen molar-refractivity contribution in [3.63, 3.8) is 0 Å². The number of hydrogen-bond donors (Lipinski definition) is 1. The lowest BCUT2D eigenvalue weighted by atomic mass is 9.89. The molecule has 2 aromatic rings. The van der Waals surface area contributed by atoms with Crippen molar-refractivity contribution in [2.24, 2.45) is 0 Å². The summed E-state index contributed by atoms with van der Waals surface area (Å²) < 4.78 is 0. The minimum Gasteiger partial charge on any atom is -0.502 e. The van der Waals surface area contributed by atoms with Gasteiger partial charge in [0.05, 0.1) is 4.92 Å². The average Bonchev–Trinajstić information content (AvgIpc) is 2.54. The summed E-state index contributed by atoms with van der Waals surface area (Å²) >= 11 is 0. The van der Waals surface area contributed by atoms with Crippen LogP contribution in [0.15, 0.2) is 55.1 Å². The molecule has 0 saturated carbocycles. The van der Waals surface area contributed by atoms with E-state index in [4.69, 9.17) is 0 Å². The third kappa shape index (κ3) is 3.10. The van der Waals surface area contributed by atoms with E-state index in [1.807, 2.05) is 24.3 Å².